The zero-order chi connectivity index (χ0) is 28.1. The van der Waals surface area contributed by atoms with Crippen LogP contribution in [0.3, 0.4) is 0 Å². The Bertz CT molecular complexity index is 1530. The van der Waals surface area contributed by atoms with Gasteiger partial charge in [0.2, 0.25) is 0 Å². The van der Waals surface area contributed by atoms with E-state index in [2.05, 4.69) is 10.6 Å². The van der Waals surface area contributed by atoms with Gasteiger partial charge in [0.15, 0.2) is 5.78 Å². The number of methoxy groups -OCH3 is 1. The SMILES string of the molecule is COC(=O)c1cc(C(=O)NC2(c3ccccc3)CCC2)cc(C(=O)c2ccc(NCc3ccc(Cl)cc3)cc2)c1. The molecule has 0 radical (unpaired) electrons. The number of halogens is 1. The van der Waals surface area contributed by atoms with Crippen LogP contribution in [-0.2, 0) is 16.8 Å². The van der Waals surface area contributed by atoms with E-state index < -0.39 is 11.5 Å². The molecular formula is C33H29ClN2O4. The number of carbonyl (C=O) groups is 3. The Balaban J connectivity index is 1.36. The van der Waals surface area contributed by atoms with E-state index in [0.29, 0.717) is 17.1 Å². The number of ether oxygens (including phenoxy) is 1. The summed E-state index contributed by atoms with van der Waals surface area (Å²) in [5, 5.41) is 7.17. The van der Waals surface area contributed by atoms with Gasteiger partial charge >= 0.3 is 5.97 Å². The number of esters is 1. The van der Waals surface area contributed by atoms with Crippen LogP contribution < -0.4 is 10.6 Å². The van der Waals surface area contributed by atoms with E-state index in [-0.39, 0.29) is 28.4 Å². The zero-order valence-electron chi connectivity index (χ0n) is 22.1. The van der Waals surface area contributed by atoms with E-state index in [9.17, 15) is 14.4 Å². The smallest absolute Gasteiger partial charge is 0.337 e. The second-order valence-electron chi connectivity index (χ2n) is 9.93. The maximum absolute atomic E-state index is 13.5. The number of rotatable bonds is 9. The number of hydrogen-bond acceptors (Lipinski definition) is 5. The number of carbonyl (C=O) groups excluding carboxylic acids is 3. The highest BCUT2D eigenvalue weighted by atomic mass is 35.5. The fourth-order valence-electron chi connectivity index (χ4n) is 4.90. The summed E-state index contributed by atoms with van der Waals surface area (Å²) < 4.78 is 4.90. The van der Waals surface area contributed by atoms with Gasteiger partial charge in [0.1, 0.15) is 0 Å². The van der Waals surface area contributed by atoms with Crippen LogP contribution in [0.25, 0.3) is 0 Å². The van der Waals surface area contributed by atoms with Crippen LogP contribution in [0.1, 0.15) is 67.0 Å². The number of benzene rings is 4. The lowest BCUT2D eigenvalue weighted by atomic mass is 9.71. The molecule has 4 aromatic rings. The van der Waals surface area contributed by atoms with Gasteiger partial charge in [-0.05, 0) is 85.0 Å². The van der Waals surface area contributed by atoms with Gasteiger partial charge in [-0.2, -0.15) is 0 Å². The van der Waals surface area contributed by atoms with Crippen LogP contribution in [0.2, 0.25) is 5.02 Å². The molecule has 4 aromatic carbocycles. The Kier molecular flexibility index (Phi) is 7.99. The number of nitrogens with one attached hydrogen (secondary N) is 2. The summed E-state index contributed by atoms with van der Waals surface area (Å²) in [5.41, 5.74) is 3.55. The molecule has 1 aliphatic rings. The van der Waals surface area contributed by atoms with E-state index in [1.807, 2.05) is 66.7 Å². The van der Waals surface area contributed by atoms with Gasteiger partial charge in [-0.1, -0.05) is 54.1 Å². The van der Waals surface area contributed by atoms with Gasteiger partial charge in [-0.3, -0.25) is 9.59 Å². The summed E-state index contributed by atoms with van der Waals surface area (Å²) in [6.07, 6.45) is 2.65. The van der Waals surface area contributed by atoms with Crippen LogP contribution in [-0.4, -0.2) is 24.8 Å². The molecule has 2 N–H and O–H groups in total. The highest BCUT2D eigenvalue weighted by Crippen LogP contribution is 2.41. The van der Waals surface area contributed by atoms with Crippen LogP contribution >= 0.6 is 11.6 Å². The van der Waals surface area contributed by atoms with E-state index in [4.69, 9.17) is 16.3 Å². The third kappa shape index (κ3) is 5.92. The van der Waals surface area contributed by atoms with Crippen LogP contribution in [0.15, 0.2) is 97.1 Å². The summed E-state index contributed by atoms with van der Waals surface area (Å²) >= 11 is 5.95. The van der Waals surface area contributed by atoms with Crippen molar-refractivity contribution in [2.75, 3.05) is 12.4 Å². The molecule has 0 bridgehead atoms. The molecule has 0 spiro atoms. The van der Waals surface area contributed by atoms with E-state index in [1.54, 1.807) is 12.1 Å². The van der Waals surface area contributed by atoms with Gasteiger partial charge in [0, 0.05) is 33.9 Å². The first-order chi connectivity index (χ1) is 19.4. The normalized spacial score (nSPS) is 13.6. The second-order valence-corrected chi connectivity index (χ2v) is 10.4. The minimum absolute atomic E-state index is 0.141. The first kappa shape index (κ1) is 27.2. The van der Waals surface area contributed by atoms with E-state index in [1.165, 1.54) is 25.3 Å². The van der Waals surface area contributed by atoms with Gasteiger partial charge in [0.25, 0.3) is 5.91 Å². The molecule has 5 rings (SSSR count). The Morgan fingerprint density at radius 3 is 2.08 bits per heavy atom. The highest BCUT2D eigenvalue weighted by Gasteiger charge is 2.40. The van der Waals surface area contributed by atoms with Crippen LogP contribution in [0.4, 0.5) is 5.69 Å². The Morgan fingerprint density at radius 1 is 0.800 bits per heavy atom. The molecular weight excluding hydrogens is 524 g/mol. The van der Waals surface area contributed by atoms with Crippen molar-refractivity contribution in [2.24, 2.45) is 0 Å². The number of ketones is 1. The molecule has 0 atom stereocenters. The first-order valence-corrected chi connectivity index (χ1v) is 13.5. The minimum atomic E-state index is -0.619. The number of amides is 1. The summed E-state index contributed by atoms with van der Waals surface area (Å²) in [5.74, 6) is -1.26. The van der Waals surface area contributed by atoms with Crippen molar-refractivity contribution in [1.82, 2.24) is 5.32 Å². The van der Waals surface area contributed by atoms with Crippen molar-refractivity contribution in [1.29, 1.82) is 0 Å². The minimum Gasteiger partial charge on any atom is -0.465 e. The highest BCUT2D eigenvalue weighted by molar-refractivity contribution is 6.30. The number of hydrogen-bond donors (Lipinski definition) is 2. The average Bonchev–Trinajstić information content (AvgIpc) is 2.98. The molecule has 1 aliphatic carbocycles. The lowest BCUT2D eigenvalue weighted by Gasteiger charge is -2.43. The predicted molar refractivity (Wildman–Crippen MR) is 156 cm³/mol. The lowest BCUT2D eigenvalue weighted by Crippen LogP contribution is -2.50. The molecule has 0 heterocycles. The fourth-order valence-corrected chi connectivity index (χ4v) is 5.03. The Morgan fingerprint density at radius 2 is 1.45 bits per heavy atom. The Labute approximate surface area is 238 Å². The van der Waals surface area contributed by atoms with Crippen LogP contribution in [0, 0.1) is 0 Å². The van der Waals surface area contributed by atoms with Gasteiger partial charge < -0.3 is 15.4 Å². The Hall–Kier alpha value is -4.42. The largest absolute Gasteiger partial charge is 0.465 e. The monoisotopic (exact) mass is 552 g/mol. The maximum atomic E-state index is 13.5. The summed E-state index contributed by atoms with van der Waals surface area (Å²) in [6.45, 7) is 0.606. The topological polar surface area (TPSA) is 84.5 Å². The van der Waals surface area contributed by atoms with Crippen LogP contribution in [0.5, 0.6) is 0 Å². The molecule has 1 amide bonds. The molecule has 7 heteroatoms. The third-order valence-corrected chi connectivity index (χ3v) is 7.57. The molecule has 0 saturated heterocycles. The molecule has 6 nitrogen and oxygen atoms in total. The van der Waals surface area contributed by atoms with Crippen molar-refractivity contribution in [2.45, 2.75) is 31.3 Å². The van der Waals surface area contributed by atoms with E-state index >= 15 is 0 Å². The van der Waals surface area contributed by atoms with Gasteiger partial charge in [-0.25, -0.2) is 4.79 Å². The lowest BCUT2D eigenvalue weighted by molar-refractivity contribution is 0.0600. The van der Waals surface area contributed by atoms with Gasteiger partial charge in [0.05, 0.1) is 18.2 Å². The zero-order valence-corrected chi connectivity index (χ0v) is 22.8. The summed E-state index contributed by atoms with van der Waals surface area (Å²) in [7, 11) is 1.27. The van der Waals surface area contributed by atoms with Gasteiger partial charge in [-0.15, -0.1) is 0 Å². The second kappa shape index (κ2) is 11.8. The van der Waals surface area contributed by atoms with Crippen molar-refractivity contribution in [3.63, 3.8) is 0 Å². The fraction of sp³-hybridized carbons (Fsp3) is 0.182. The third-order valence-electron chi connectivity index (χ3n) is 7.32. The molecule has 0 aliphatic heterocycles. The van der Waals surface area contributed by atoms with Crippen molar-refractivity contribution in [3.8, 4) is 0 Å². The molecule has 1 saturated carbocycles. The standard InChI is InChI=1S/C33H29ClN2O4/c1-40-32(39)26-19-24(18-25(20-26)31(38)36-33(16-5-17-33)27-6-3-2-4-7-27)30(37)23-10-14-29(15-11-23)35-21-22-8-12-28(34)13-9-22/h2-4,6-15,18-20,35H,5,16-17,21H2,1H3,(H,36,38). The number of anilines is 1. The first-order valence-electron chi connectivity index (χ1n) is 13.1. The van der Waals surface area contributed by atoms with Crippen molar-refractivity contribution < 1.29 is 19.1 Å². The maximum Gasteiger partial charge on any atom is 0.337 e. The molecule has 40 heavy (non-hydrogen) atoms. The summed E-state index contributed by atoms with van der Waals surface area (Å²) in [4.78, 5) is 39.4. The van der Waals surface area contributed by atoms with Crippen molar-refractivity contribution in [3.05, 3.63) is 135 Å². The summed E-state index contributed by atoms with van der Waals surface area (Å²) in [6, 6.07) is 29.0. The predicted octanol–water partition coefficient (Wildman–Crippen LogP) is 6.78. The average molecular weight is 553 g/mol. The van der Waals surface area contributed by atoms with E-state index in [0.717, 1.165) is 36.1 Å². The quantitative estimate of drug-likeness (QED) is 0.177. The van der Waals surface area contributed by atoms with Crippen molar-refractivity contribution >= 4 is 34.9 Å². The molecule has 202 valence electrons. The molecule has 0 unspecified atom stereocenters. The molecule has 0 aromatic heterocycles. The molecule has 1 fully saturated rings.